The van der Waals surface area contributed by atoms with Crippen molar-refractivity contribution in [2.24, 2.45) is 6.98 Å². The van der Waals surface area contributed by atoms with Crippen LogP contribution in [-0.2, 0) is 11.7 Å². The van der Waals surface area contributed by atoms with E-state index in [0.717, 1.165) is 6.20 Å². The predicted octanol–water partition coefficient (Wildman–Crippen LogP) is 2.09. The minimum atomic E-state index is -3.00. The maximum atomic E-state index is 8.20. The van der Waals surface area contributed by atoms with Crippen LogP contribution in [0.4, 0.5) is 0 Å². The fourth-order valence-corrected chi connectivity index (χ4v) is 1.48. The number of aromatic nitrogens is 2. The van der Waals surface area contributed by atoms with Crippen LogP contribution in [0.2, 0.25) is 0 Å². The third kappa shape index (κ3) is 3.66. The molecule has 1 heterocycles. The number of aryl methyl sites for hydroxylation is 1. The summed E-state index contributed by atoms with van der Waals surface area (Å²) in [6, 6.07) is -2.16. The second-order valence-electron chi connectivity index (χ2n) is 3.61. The summed E-state index contributed by atoms with van der Waals surface area (Å²) in [5.74, 6) is 0. The van der Waals surface area contributed by atoms with Crippen LogP contribution >= 0.6 is 0 Å². The van der Waals surface area contributed by atoms with Crippen molar-refractivity contribution in [3.8, 4) is 0 Å². The standard InChI is InChI=1S/C15H21N3O/c1-17(2)11-12-19-15(13-7-5-4-6-8-13)14-9-10-16-18(14)3/h4-10,15H,11-12H2,1-3H3/i1D3,2D3,3D3,4D,5D,6D,7D,8D. The highest BCUT2D eigenvalue weighted by atomic mass is 16.5. The van der Waals surface area contributed by atoms with Crippen molar-refractivity contribution < 1.29 is 23.9 Å². The number of rotatable bonds is 6. The third-order valence-electron chi connectivity index (χ3n) is 2.32. The quantitative estimate of drug-likeness (QED) is 0.807. The molecule has 102 valence electrons. The van der Waals surface area contributed by atoms with E-state index in [4.69, 9.17) is 23.9 Å². The van der Waals surface area contributed by atoms with Crippen LogP contribution in [0.1, 0.15) is 36.6 Å². The van der Waals surface area contributed by atoms with Crippen LogP contribution in [0.3, 0.4) is 0 Å². The number of benzene rings is 1. The smallest absolute Gasteiger partial charge is 0.124 e. The molecule has 19 heavy (non-hydrogen) atoms. The molecule has 4 heteroatoms. The van der Waals surface area contributed by atoms with Gasteiger partial charge in [0.2, 0.25) is 0 Å². The SMILES string of the molecule is [2H]c1c([2H])c([2H])c(C(OCCN(C([2H])([2H])[2H])C([2H])([2H])[2H])c2ccnn2C([2H])([2H])[2H])c([2H])c1[2H]. The molecule has 0 aliphatic rings. The van der Waals surface area contributed by atoms with Gasteiger partial charge in [-0.05, 0) is 25.6 Å². The van der Waals surface area contributed by atoms with Gasteiger partial charge in [0.05, 0.1) is 19.2 Å². The number of hydrogen-bond donors (Lipinski definition) is 0. The first kappa shape index (κ1) is 4.43. The largest absolute Gasteiger partial charge is 0.366 e. The van der Waals surface area contributed by atoms with Gasteiger partial charge in [-0.2, -0.15) is 5.10 Å². The highest BCUT2D eigenvalue weighted by Gasteiger charge is 2.17. The molecule has 0 saturated heterocycles. The third-order valence-corrected chi connectivity index (χ3v) is 2.32. The molecule has 0 aliphatic heterocycles. The van der Waals surface area contributed by atoms with E-state index in [9.17, 15) is 0 Å². The molecule has 1 aromatic carbocycles. The molecule has 0 N–H and O–H groups in total. The molecule has 0 spiro atoms. The lowest BCUT2D eigenvalue weighted by atomic mass is 10.1. The van der Waals surface area contributed by atoms with Crippen molar-refractivity contribution in [2.45, 2.75) is 6.10 Å². The summed E-state index contributed by atoms with van der Waals surface area (Å²) in [6.07, 6.45) is -0.471. The summed E-state index contributed by atoms with van der Waals surface area (Å²) in [5, 5.41) is 3.71. The average Bonchev–Trinajstić information content (AvgIpc) is 3.14. The van der Waals surface area contributed by atoms with Crippen LogP contribution in [0.25, 0.3) is 0 Å². The maximum absolute atomic E-state index is 8.20. The Balaban J connectivity index is 2.57. The topological polar surface area (TPSA) is 30.3 Å². The summed E-state index contributed by atoms with van der Waals surface area (Å²) >= 11 is 0. The van der Waals surface area contributed by atoms with Gasteiger partial charge in [-0.1, -0.05) is 30.2 Å². The van der Waals surface area contributed by atoms with Gasteiger partial charge in [0.15, 0.2) is 0 Å². The van der Waals surface area contributed by atoms with E-state index in [1.165, 1.54) is 6.07 Å². The lowest BCUT2D eigenvalue weighted by Gasteiger charge is -2.20. The van der Waals surface area contributed by atoms with Gasteiger partial charge in [-0.3, -0.25) is 4.68 Å². The molecular formula is C15H21N3O. The molecule has 4 nitrogen and oxygen atoms in total. The summed E-state index contributed by atoms with van der Waals surface area (Å²) in [4.78, 5) is 0.222. The summed E-state index contributed by atoms with van der Waals surface area (Å²) in [7, 11) is 0. The van der Waals surface area contributed by atoms with E-state index >= 15 is 0 Å². The number of hydrogen-bond acceptors (Lipinski definition) is 3. The van der Waals surface area contributed by atoms with Gasteiger partial charge < -0.3 is 9.64 Å². The Morgan fingerprint density at radius 2 is 2.26 bits per heavy atom. The Morgan fingerprint density at radius 1 is 1.42 bits per heavy atom. The maximum Gasteiger partial charge on any atom is 0.124 e. The zero-order valence-electron chi connectivity index (χ0n) is 23.9. The van der Waals surface area contributed by atoms with Gasteiger partial charge >= 0.3 is 0 Å². The minimum Gasteiger partial charge on any atom is -0.366 e. The van der Waals surface area contributed by atoms with Crippen molar-refractivity contribution in [2.75, 3.05) is 27.1 Å². The molecule has 0 radical (unpaired) electrons. The van der Waals surface area contributed by atoms with Crippen molar-refractivity contribution in [1.82, 2.24) is 14.7 Å². The predicted molar refractivity (Wildman–Crippen MR) is 76.0 cm³/mol. The highest BCUT2D eigenvalue weighted by molar-refractivity contribution is 5.25. The van der Waals surface area contributed by atoms with Crippen molar-refractivity contribution in [3.05, 3.63) is 53.7 Å². The van der Waals surface area contributed by atoms with Crippen LogP contribution in [0.5, 0.6) is 0 Å². The van der Waals surface area contributed by atoms with Crippen LogP contribution in [-0.4, -0.2) is 41.8 Å². The Hall–Kier alpha value is -1.65. The Labute approximate surface area is 134 Å². The van der Waals surface area contributed by atoms with Crippen LogP contribution in [0.15, 0.2) is 42.5 Å². The molecule has 2 aromatic rings. The zero-order chi connectivity index (χ0) is 25.5. The van der Waals surface area contributed by atoms with Gasteiger partial charge in [0.25, 0.3) is 0 Å². The Bertz CT molecular complexity index is 950. The molecule has 1 atom stereocenters. The minimum absolute atomic E-state index is 0.192. The fraction of sp³-hybridized carbons (Fsp3) is 0.400. The molecule has 1 unspecified atom stereocenters. The molecule has 0 fully saturated rings. The van der Waals surface area contributed by atoms with E-state index < -0.39 is 76.0 Å². The Kier molecular flexibility index (Phi) is 1.52. The van der Waals surface area contributed by atoms with Crippen molar-refractivity contribution >= 4 is 0 Å². The first-order valence-corrected chi connectivity index (χ1v) is 5.39. The van der Waals surface area contributed by atoms with Gasteiger partial charge in [-0.25, -0.2) is 0 Å². The van der Waals surface area contributed by atoms with Gasteiger partial charge in [0, 0.05) is 32.1 Å². The second-order valence-corrected chi connectivity index (χ2v) is 3.61. The monoisotopic (exact) mass is 273 g/mol. The molecular weight excluding hydrogens is 238 g/mol. The summed E-state index contributed by atoms with van der Waals surface area (Å²) in [5.41, 5.74) is -0.593. The lowest BCUT2D eigenvalue weighted by Crippen LogP contribution is -2.20. The fourth-order valence-electron chi connectivity index (χ4n) is 1.48. The lowest BCUT2D eigenvalue weighted by molar-refractivity contribution is 0.0638. The molecule has 0 bridgehead atoms. The summed E-state index contributed by atoms with van der Waals surface area (Å²) < 4.78 is 114. The molecule has 2 rings (SSSR count). The van der Waals surface area contributed by atoms with Crippen molar-refractivity contribution in [3.63, 3.8) is 0 Å². The summed E-state index contributed by atoms with van der Waals surface area (Å²) in [6.45, 7) is -10.0. The van der Waals surface area contributed by atoms with E-state index in [1.54, 1.807) is 0 Å². The van der Waals surface area contributed by atoms with E-state index in [-0.39, 0.29) is 10.6 Å². The normalized spacial score (nSPS) is 25.5. The van der Waals surface area contributed by atoms with Crippen LogP contribution in [0, 0.1) is 0 Å². The van der Waals surface area contributed by atoms with E-state index in [1.807, 2.05) is 0 Å². The average molecular weight is 273 g/mol. The van der Waals surface area contributed by atoms with E-state index in [2.05, 4.69) is 5.10 Å². The number of likely N-dealkylation sites (N-methyl/N-ethyl adjacent to an activating group) is 1. The molecule has 0 aliphatic carbocycles. The zero-order valence-corrected chi connectivity index (χ0v) is 9.90. The number of nitrogens with zero attached hydrogens (tertiary/aromatic N) is 3. The Morgan fingerprint density at radius 3 is 3.00 bits per heavy atom. The van der Waals surface area contributed by atoms with Gasteiger partial charge in [0.1, 0.15) is 6.10 Å². The highest BCUT2D eigenvalue weighted by Crippen LogP contribution is 2.25. The van der Waals surface area contributed by atoms with Crippen molar-refractivity contribution in [1.29, 1.82) is 0 Å². The van der Waals surface area contributed by atoms with E-state index in [0.29, 0.717) is 4.68 Å². The second kappa shape index (κ2) is 6.50. The van der Waals surface area contributed by atoms with Gasteiger partial charge in [-0.15, -0.1) is 0 Å². The molecule has 1 aromatic heterocycles. The first-order chi connectivity index (χ1) is 14.9. The van der Waals surface area contributed by atoms with Crippen LogP contribution < -0.4 is 0 Å². The first-order valence-electron chi connectivity index (χ1n) is 12.4. The molecule has 0 saturated carbocycles. The molecule has 0 amide bonds. The number of ether oxygens (including phenoxy) is 1.